The Kier molecular flexibility index (Phi) is 4.29. The number of hydrogen-bond acceptors (Lipinski definition) is 3. The summed E-state index contributed by atoms with van der Waals surface area (Å²) >= 11 is 3.39. The largest absolute Gasteiger partial charge is 0.496 e. The van der Waals surface area contributed by atoms with Gasteiger partial charge in [0.1, 0.15) is 5.75 Å². The molecule has 1 unspecified atom stereocenters. The fraction of sp³-hybridized carbons (Fsp3) is 0.364. The Labute approximate surface area is 97.9 Å². The van der Waals surface area contributed by atoms with E-state index in [-0.39, 0.29) is 11.8 Å². The van der Waals surface area contributed by atoms with Crippen LogP contribution in [0.2, 0.25) is 0 Å². The summed E-state index contributed by atoms with van der Waals surface area (Å²) < 4.78 is 5.97. The maximum Gasteiger partial charge on any atom is 0.151 e. The van der Waals surface area contributed by atoms with Crippen LogP contribution >= 0.6 is 15.9 Å². The molecule has 0 saturated heterocycles. The molecule has 1 aromatic rings. The van der Waals surface area contributed by atoms with Gasteiger partial charge in [-0.1, -0.05) is 6.07 Å². The first-order valence-electron chi connectivity index (χ1n) is 4.61. The maximum absolute atomic E-state index is 11.3. The predicted molar refractivity (Wildman–Crippen MR) is 63.2 cm³/mol. The van der Waals surface area contributed by atoms with Gasteiger partial charge in [0.2, 0.25) is 0 Å². The molecule has 1 atom stereocenters. The van der Waals surface area contributed by atoms with Crippen LogP contribution in [0.3, 0.4) is 0 Å². The van der Waals surface area contributed by atoms with Gasteiger partial charge >= 0.3 is 0 Å². The summed E-state index contributed by atoms with van der Waals surface area (Å²) in [4.78, 5) is 11.3. The molecule has 0 aliphatic carbocycles. The zero-order valence-electron chi connectivity index (χ0n) is 9.00. The van der Waals surface area contributed by atoms with Gasteiger partial charge in [-0.05, 0) is 47.6 Å². The summed E-state index contributed by atoms with van der Waals surface area (Å²) in [7, 11) is 3.38. The van der Waals surface area contributed by atoms with Crippen LogP contribution in [0.5, 0.6) is 5.75 Å². The monoisotopic (exact) mass is 271 g/mol. The summed E-state index contributed by atoms with van der Waals surface area (Å²) in [6, 6.07) is 5.35. The molecule has 82 valence electrons. The number of halogens is 1. The fourth-order valence-electron chi connectivity index (χ4n) is 1.47. The van der Waals surface area contributed by atoms with Crippen molar-refractivity contribution >= 4 is 21.7 Å². The Balaban J connectivity index is 3.05. The van der Waals surface area contributed by atoms with Crippen LogP contribution in [-0.2, 0) is 4.79 Å². The second-order valence-electron chi connectivity index (χ2n) is 3.23. The number of nitrogens with one attached hydrogen (secondary N) is 1. The second-order valence-corrected chi connectivity index (χ2v) is 4.08. The molecule has 0 heterocycles. The van der Waals surface area contributed by atoms with Crippen LogP contribution in [0, 0.1) is 0 Å². The molecule has 0 fully saturated rings. The number of ether oxygens (including phenoxy) is 1. The average Bonchev–Trinajstić information content (AvgIpc) is 2.18. The Hall–Kier alpha value is -0.870. The van der Waals surface area contributed by atoms with Gasteiger partial charge < -0.3 is 10.1 Å². The Morgan fingerprint density at radius 1 is 1.53 bits per heavy atom. The van der Waals surface area contributed by atoms with Crippen molar-refractivity contribution in [1.29, 1.82) is 0 Å². The standard InChI is InChI=1S/C11H14BrNO2/c1-7(14)11(13-2)8-4-5-10(15-3)9(12)6-8/h4-6,11,13H,1-3H3. The van der Waals surface area contributed by atoms with E-state index in [9.17, 15) is 4.79 Å². The van der Waals surface area contributed by atoms with E-state index in [4.69, 9.17) is 4.74 Å². The molecule has 0 spiro atoms. The number of rotatable bonds is 4. The summed E-state index contributed by atoms with van der Waals surface area (Å²) in [5.74, 6) is 0.853. The molecule has 4 heteroatoms. The van der Waals surface area contributed by atoms with E-state index >= 15 is 0 Å². The normalized spacial score (nSPS) is 12.3. The number of ketones is 1. The number of carbonyl (C=O) groups excluding carboxylic acids is 1. The Bertz CT molecular complexity index is 366. The van der Waals surface area contributed by atoms with Gasteiger partial charge in [0.25, 0.3) is 0 Å². The molecule has 15 heavy (non-hydrogen) atoms. The molecule has 0 aliphatic heterocycles. The van der Waals surface area contributed by atoms with Crippen LogP contribution in [0.25, 0.3) is 0 Å². The van der Waals surface area contributed by atoms with E-state index in [1.807, 2.05) is 18.2 Å². The lowest BCUT2D eigenvalue weighted by Gasteiger charge is -2.14. The van der Waals surface area contributed by atoms with Crippen molar-refractivity contribution in [2.75, 3.05) is 14.2 Å². The van der Waals surface area contributed by atoms with Crippen molar-refractivity contribution in [2.24, 2.45) is 0 Å². The molecule has 0 saturated carbocycles. The Morgan fingerprint density at radius 3 is 2.60 bits per heavy atom. The zero-order chi connectivity index (χ0) is 11.4. The molecule has 0 amide bonds. The van der Waals surface area contributed by atoms with Crippen molar-refractivity contribution in [3.8, 4) is 5.75 Å². The minimum Gasteiger partial charge on any atom is -0.496 e. The molecule has 0 aromatic heterocycles. The number of likely N-dealkylation sites (N-methyl/N-ethyl adjacent to an activating group) is 1. The third kappa shape index (κ3) is 2.79. The molecule has 1 rings (SSSR count). The maximum atomic E-state index is 11.3. The highest BCUT2D eigenvalue weighted by molar-refractivity contribution is 9.10. The van der Waals surface area contributed by atoms with E-state index < -0.39 is 0 Å². The summed E-state index contributed by atoms with van der Waals surface area (Å²) in [6.07, 6.45) is 0. The van der Waals surface area contributed by atoms with Crippen LogP contribution in [-0.4, -0.2) is 19.9 Å². The highest BCUT2D eigenvalue weighted by atomic mass is 79.9. The lowest BCUT2D eigenvalue weighted by molar-refractivity contribution is -0.119. The minimum absolute atomic E-state index is 0.0922. The van der Waals surface area contributed by atoms with Crippen LogP contribution < -0.4 is 10.1 Å². The van der Waals surface area contributed by atoms with Crippen LogP contribution in [0.4, 0.5) is 0 Å². The number of hydrogen-bond donors (Lipinski definition) is 1. The smallest absolute Gasteiger partial charge is 0.151 e. The van der Waals surface area contributed by atoms with Crippen molar-refractivity contribution in [1.82, 2.24) is 5.32 Å². The van der Waals surface area contributed by atoms with Crippen LogP contribution in [0.15, 0.2) is 22.7 Å². The van der Waals surface area contributed by atoms with Crippen molar-refractivity contribution in [3.05, 3.63) is 28.2 Å². The summed E-state index contributed by atoms with van der Waals surface area (Å²) in [5.41, 5.74) is 0.928. The molecule has 0 bridgehead atoms. The highest BCUT2D eigenvalue weighted by Gasteiger charge is 2.15. The van der Waals surface area contributed by atoms with E-state index in [1.54, 1.807) is 21.1 Å². The van der Waals surface area contributed by atoms with Gasteiger partial charge in [-0.2, -0.15) is 0 Å². The van der Waals surface area contributed by atoms with Gasteiger partial charge in [-0.3, -0.25) is 4.79 Å². The minimum atomic E-state index is -0.257. The second kappa shape index (κ2) is 5.28. The van der Waals surface area contributed by atoms with Crippen LogP contribution in [0.1, 0.15) is 18.5 Å². The molecule has 1 N–H and O–H groups in total. The van der Waals surface area contributed by atoms with E-state index in [0.717, 1.165) is 15.8 Å². The average molecular weight is 272 g/mol. The van der Waals surface area contributed by atoms with E-state index in [0.29, 0.717) is 0 Å². The van der Waals surface area contributed by atoms with Crippen molar-refractivity contribution in [3.63, 3.8) is 0 Å². The first-order valence-corrected chi connectivity index (χ1v) is 5.40. The lowest BCUT2D eigenvalue weighted by Crippen LogP contribution is -2.23. The van der Waals surface area contributed by atoms with Crippen molar-refractivity contribution in [2.45, 2.75) is 13.0 Å². The molecular formula is C11H14BrNO2. The zero-order valence-corrected chi connectivity index (χ0v) is 10.6. The summed E-state index contributed by atoms with van der Waals surface area (Å²) in [5, 5.41) is 2.97. The van der Waals surface area contributed by atoms with E-state index in [2.05, 4.69) is 21.2 Å². The molecule has 3 nitrogen and oxygen atoms in total. The number of carbonyl (C=O) groups is 1. The molecule has 1 aromatic carbocycles. The van der Waals surface area contributed by atoms with Gasteiger partial charge in [0, 0.05) is 0 Å². The first-order chi connectivity index (χ1) is 7.10. The van der Waals surface area contributed by atoms with E-state index in [1.165, 1.54) is 0 Å². The van der Waals surface area contributed by atoms with Gasteiger partial charge in [0.15, 0.2) is 5.78 Å². The van der Waals surface area contributed by atoms with Crippen molar-refractivity contribution < 1.29 is 9.53 Å². The third-order valence-electron chi connectivity index (χ3n) is 2.20. The molecule has 0 radical (unpaired) electrons. The predicted octanol–water partition coefficient (Wildman–Crippen LogP) is 2.31. The topological polar surface area (TPSA) is 38.3 Å². The summed E-state index contributed by atoms with van der Waals surface area (Å²) in [6.45, 7) is 1.57. The number of methoxy groups -OCH3 is 1. The molecule has 0 aliphatic rings. The van der Waals surface area contributed by atoms with Gasteiger partial charge in [-0.25, -0.2) is 0 Å². The number of Topliss-reactive ketones (excluding diaryl/α,β-unsaturated/α-hetero) is 1. The first kappa shape index (κ1) is 12.2. The highest BCUT2D eigenvalue weighted by Crippen LogP contribution is 2.28. The lowest BCUT2D eigenvalue weighted by atomic mass is 10.0. The van der Waals surface area contributed by atoms with Gasteiger partial charge in [0.05, 0.1) is 17.6 Å². The van der Waals surface area contributed by atoms with Gasteiger partial charge in [-0.15, -0.1) is 0 Å². The fourth-order valence-corrected chi connectivity index (χ4v) is 2.03. The third-order valence-corrected chi connectivity index (χ3v) is 2.82. The Morgan fingerprint density at radius 2 is 2.20 bits per heavy atom. The quantitative estimate of drug-likeness (QED) is 0.914. The SMILES string of the molecule is CNC(C(C)=O)c1ccc(OC)c(Br)c1. The number of benzene rings is 1. The molecular weight excluding hydrogens is 258 g/mol.